The third-order valence-corrected chi connectivity index (χ3v) is 5.46. The van der Waals surface area contributed by atoms with Crippen LogP contribution in [-0.2, 0) is 13.2 Å². The molecule has 0 radical (unpaired) electrons. The highest BCUT2D eigenvalue weighted by atomic mass is 16.5. The van der Waals surface area contributed by atoms with E-state index in [1.165, 1.54) is 0 Å². The van der Waals surface area contributed by atoms with E-state index in [2.05, 4.69) is 21.3 Å². The SMILES string of the molecule is O=C(O)c1cccc(COc2cccc(CN3CCN(C(=O)Nc4cccnc4)CC3)c2)c1. The zero-order chi connectivity index (χ0) is 23.0. The zero-order valence-electron chi connectivity index (χ0n) is 18.2. The number of anilines is 1. The van der Waals surface area contributed by atoms with Gasteiger partial charge >= 0.3 is 12.0 Å². The molecule has 33 heavy (non-hydrogen) atoms. The summed E-state index contributed by atoms with van der Waals surface area (Å²) in [4.78, 5) is 31.7. The number of pyridine rings is 1. The van der Waals surface area contributed by atoms with Gasteiger partial charge in [0.1, 0.15) is 12.4 Å². The van der Waals surface area contributed by atoms with E-state index in [0.29, 0.717) is 25.4 Å². The fourth-order valence-electron chi connectivity index (χ4n) is 3.70. The summed E-state index contributed by atoms with van der Waals surface area (Å²) in [6.07, 6.45) is 3.30. The van der Waals surface area contributed by atoms with Crippen molar-refractivity contribution in [2.24, 2.45) is 0 Å². The van der Waals surface area contributed by atoms with E-state index < -0.39 is 5.97 Å². The number of nitrogens with one attached hydrogen (secondary N) is 1. The van der Waals surface area contributed by atoms with Crippen molar-refractivity contribution in [2.45, 2.75) is 13.2 Å². The summed E-state index contributed by atoms with van der Waals surface area (Å²) in [6, 6.07) is 18.2. The molecule has 0 unspecified atom stereocenters. The molecule has 0 saturated carbocycles. The number of carbonyl (C=O) groups is 2. The number of carboxylic acid groups (broad SMARTS) is 1. The molecule has 3 aromatic rings. The minimum atomic E-state index is -0.950. The van der Waals surface area contributed by atoms with E-state index in [9.17, 15) is 9.59 Å². The first-order chi connectivity index (χ1) is 16.1. The number of hydrogen-bond donors (Lipinski definition) is 2. The number of urea groups is 1. The van der Waals surface area contributed by atoms with Crippen molar-refractivity contribution in [3.8, 4) is 5.75 Å². The Balaban J connectivity index is 1.26. The first kappa shape index (κ1) is 22.3. The van der Waals surface area contributed by atoms with Crippen molar-refractivity contribution < 1.29 is 19.4 Å². The number of amides is 2. The lowest BCUT2D eigenvalue weighted by molar-refractivity contribution is 0.0696. The monoisotopic (exact) mass is 446 g/mol. The van der Waals surface area contributed by atoms with Crippen LogP contribution in [0.5, 0.6) is 5.75 Å². The summed E-state index contributed by atoms with van der Waals surface area (Å²) in [7, 11) is 0. The second kappa shape index (κ2) is 10.6. The molecule has 1 aliphatic rings. The lowest BCUT2D eigenvalue weighted by Gasteiger charge is -2.34. The third kappa shape index (κ3) is 6.30. The van der Waals surface area contributed by atoms with Gasteiger partial charge in [-0.15, -0.1) is 0 Å². The summed E-state index contributed by atoms with van der Waals surface area (Å²) >= 11 is 0. The fraction of sp³-hybridized carbons (Fsp3) is 0.240. The number of ether oxygens (including phenoxy) is 1. The molecular formula is C25H26N4O4. The molecule has 2 heterocycles. The van der Waals surface area contributed by atoms with Crippen LogP contribution in [0.15, 0.2) is 73.1 Å². The van der Waals surface area contributed by atoms with Gasteiger partial charge in [0.25, 0.3) is 0 Å². The van der Waals surface area contributed by atoms with E-state index in [4.69, 9.17) is 9.84 Å². The van der Waals surface area contributed by atoms with Gasteiger partial charge in [0.15, 0.2) is 0 Å². The van der Waals surface area contributed by atoms with Gasteiger partial charge in [0, 0.05) is 38.9 Å². The normalized spacial score (nSPS) is 14.0. The number of piperazine rings is 1. The largest absolute Gasteiger partial charge is 0.489 e. The minimum absolute atomic E-state index is 0.106. The lowest BCUT2D eigenvalue weighted by atomic mass is 10.1. The highest BCUT2D eigenvalue weighted by Crippen LogP contribution is 2.18. The van der Waals surface area contributed by atoms with Crippen molar-refractivity contribution in [3.63, 3.8) is 0 Å². The molecule has 2 aromatic carbocycles. The van der Waals surface area contributed by atoms with Gasteiger partial charge in [-0.2, -0.15) is 0 Å². The topological polar surface area (TPSA) is 95.0 Å². The van der Waals surface area contributed by atoms with Crippen molar-refractivity contribution in [1.82, 2.24) is 14.8 Å². The Morgan fingerprint density at radius 3 is 2.52 bits per heavy atom. The number of aromatic carboxylic acids is 1. The average molecular weight is 447 g/mol. The van der Waals surface area contributed by atoms with Gasteiger partial charge in [0.05, 0.1) is 17.4 Å². The van der Waals surface area contributed by atoms with Crippen LogP contribution in [0.1, 0.15) is 21.5 Å². The molecule has 8 heteroatoms. The van der Waals surface area contributed by atoms with Gasteiger partial charge in [-0.05, 0) is 47.5 Å². The molecule has 1 aliphatic heterocycles. The maximum atomic E-state index is 12.4. The van der Waals surface area contributed by atoms with E-state index in [1.54, 1.807) is 36.7 Å². The fourth-order valence-corrected chi connectivity index (χ4v) is 3.70. The van der Waals surface area contributed by atoms with Crippen LogP contribution in [0.25, 0.3) is 0 Å². The zero-order valence-corrected chi connectivity index (χ0v) is 18.2. The Kier molecular flexibility index (Phi) is 7.16. The van der Waals surface area contributed by atoms with E-state index in [1.807, 2.05) is 35.2 Å². The molecule has 8 nitrogen and oxygen atoms in total. The number of rotatable bonds is 7. The van der Waals surface area contributed by atoms with Crippen LogP contribution in [0, 0.1) is 0 Å². The molecule has 2 N–H and O–H groups in total. The smallest absolute Gasteiger partial charge is 0.335 e. The second-order valence-corrected chi connectivity index (χ2v) is 7.88. The molecule has 1 saturated heterocycles. The van der Waals surface area contributed by atoms with Crippen molar-refractivity contribution in [2.75, 3.05) is 31.5 Å². The number of nitrogens with zero attached hydrogens (tertiary/aromatic N) is 3. The molecule has 1 aromatic heterocycles. The van der Waals surface area contributed by atoms with Gasteiger partial charge in [0.2, 0.25) is 0 Å². The highest BCUT2D eigenvalue weighted by molar-refractivity contribution is 5.89. The predicted molar refractivity (Wildman–Crippen MR) is 124 cm³/mol. The minimum Gasteiger partial charge on any atom is -0.489 e. The lowest BCUT2D eigenvalue weighted by Crippen LogP contribution is -2.49. The molecule has 2 amide bonds. The van der Waals surface area contributed by atoms with Crippen molar-refractivity contribution >= 4 is 17.7 Å². The van der Waals surface area contributed by atoms with E-state index >= 15 is 0 Å². The van der Waals surface area contributed by atoms with Gasteiger partial charge in [-0.1, -0.05) is 24.3 Å². The summed E-state index contributed by atoms with van der Waals surface area (Å²) in [5, 5.41) is 12.0. The Morgan fingerprint density at radius 2 is 1.76 bits per heavy atom. The van der Waals surface area contributed by atoms with Crippen molar-refractivity contribution in [3.05, 3.63) is 89.7 Å². The number of carboxylic acids is 1. The summed E-state index contributed by atoms with van der Waals surface area (Å²) < 4.78 is 5.88. The van der Waals surface area contributed by atoms with E-state index in [0.717, 1.165) is 36.5 Å². The first-order valence-corrected chi connectivity index (χ1v) is 10.8. The number of carbonyl (C=O) groups excluding carboxylic acids is 1. The maximum absolute atomic E-state index is 12.4. The second-order valence-electron chi connectivity index (χ2n) is 7.88. The molecule has 0 atom stereocenters. The molecular weight excluding hydrogens is 420 g/mol. The highest BCUT2D eigenvalue weighted by Gasteiger charge is 2.21. The van der Waals surface area contributed by atoms with Crippen LogP contribution in [-0.4, -0.2) is 58.1 Å². The van der Waals surface area contributed by atoms with Gasteiger partial charge in [-0.3, -0.25) is 9.88 Å². The quantitative estimate of drug-likeness (QED) is 0.575. The number of aromatic nitrogens is 1. The molecule has 4 rings (SSSR count). The number of benzene rings is 2. The molecule has 1 fully saturated rings. The molecule has 0 aliphatic carbocycles. The third-order valence-electron chi connectivity index (χ3n) is 5.46. The van der Waals surface area contributed by atoms with Gasteiger partial charge in [-0.25, -0.2) is 9.59 Å². The van der Waals surface area contributed by atoms with Gasteiger partial charge < -0.3 is 20.1 Å². The Hall–Kier alpha value is -3.91. The Labute approximate surface area is 192 Å². The van der Waals surface area contributed by atoms with Crippen LogP contribution in [0.3, 0.4) is 0 Å². The molecule has 170 valence electrons. The van der Waals surface area contributed by atoms with E-state index in [-0.39, 0.29) is 11.6 Å². The standard InChI is InChI=1S/C25H26N4O4/c30-24(31)21-6-1-5-20(14-21)18-33-23-8-2-4-19(15-23)17-28-10-12-29(13-11-28)25(32)27-22-7-3-9-26-16-22/h1-9,14-16H,10-13,17-18H2,(H,27,32)(H,30,31). The Bertz CT molecular complexity index is 1100. The average Bonchev–Trinajstić information content (AvgIpc) is 2.84. The predicted octanol–water partition coefficient (Wildman–Crippen LogP) is 3.71. The maximum Gasteiger partial charge on any atom is 0.335 e. The van der Waals surface area contributed by atoms with Crippen molar-refractivity contribution in [1.29, 1.82) is 0 Å². The van der Waals surface area contributed by atoms with Crippen LogP contribution in [0.2, 0.25) is 0 Å². The summed E-state index contributed by atoms with van der Waals surface area (Å²) in [5.74, 6) is -0.212. The van der Waals surface area contributed by atoms with Crippen LogP contribution in [0.4, 0.5) is 10.5 Å². The summed E-state index contributed by atoms with van der Waals surface area (Å²) in [6.45, 7) is 3.95. The van der Waals surface area contributed by atoms with Crippen LogP contribution < -0.4 is 10.1 Å². The Morgan fingerprint density at radius 1 is 0.970 bits per heavy atom. The van der Waals surface area contributed by atoms with Crippen LogP contribution >= 0.6 is 0 Å². The summed E-state index contributed by atoms with van der Waals surface area (Å²) in [5.41, 5.74) is 2.87. The molecule has 0 spiro atoms. The number of hydrogen-bond acceptors (Lipinski definition) is 5. The molecule has 0 bridgehead atoms. The first-order valence-electron chi connectivity index (χ1n) is 10.8.